The zero-order chi connectivity index (χ0) is 23.7. The Morgan fingerprint density at radius 1 is 1.09 bits per heavy atom. The predicted octanol–water partition coefficient (Wildman–Crippen LogP) is 6.99. The van der Waals surface area contributed by atoms with E-state index in [2.05, 4.69) is 15.9 Å². The third kappa shape index (κ3) is 4.74. The van der Waals surface area contributed by atoms with Gasteiger partial charge < -0.3 is 19.5 Å². The lowest BCUT2D eigenvalue weighted by Crippen LogP contribution is -2.04. The summed E-state index contributed by atoms with van der Waals surface area (Å²) in [5.74, 6) is -1.45. The van der Waals surface area contributed by atoms with E-state index in [0.29, 0.717) is 37.8 Å². The number of carbonyl (C=O) groups is 1. The van der Waals surface area contributed by atoms with Crippen molar-refractivity contribution in [1.82, 2.24) is 4.57 Å². The summed E-state index contributed by atoms with van der Waals surface area (Å²) in [4.78, 5) is 11.5. The second kappa shape index (κ2) is 9.29. The minimum absolute atomic E-state index is 0.00973. The number of rotatable bonds is 6. The van der Waals surface area contributed by atoms with Gasteiger partial charge in [-0.25, -0.2) is 9.18 Å². The summed E-state index contributed by atoms with van der Waals surface area (Å²) in [6.07, 6.45) is 0. The Morgan fingerprint density at radius 2 is 1.88 bits per heavy atom. The van der Waals surface area contributed by atoms with Crippen LogP contribution in [-0.2, 0) is 6.61 Å². The first-order chi connectivity index (χ1) is 15.7. The molecule has 0 fully saturated rings. The second-order valence-corrected chi connectivity index (χ2v) is 8.72. The number of aromatic carboxylic acids is 1. The molecule has 0 saturated carbocycles. The van der Waals surface area contributed by atoms with Gasteiger partial charge in [0.25, 0.3) is 0 Å². The molecule has 8 heteroatoms. The van der Waals surface area contributed by atoms with E-state index in [4.69, 9.17) is 16.3 Å². The Bertz CT molecular complexity index is 1370. The highest BCUT2D eigenvalue weighted by atomic mass is 79.9. The molecule has 0 unspecified atom stereocenters. The fourth-order valence-electron chi connectivity index (χ4n) is 3.55. The molecule has 0 aliphatic rings. The summed E-state index contributed by atoms with van der Waals surface area (Å²) >= 11 is 9.52. The summed E-state index contributed by atoms with van der Waals surface area (Å²) in [6.45, 7) is 1.88. The molecule has 33 heavy (non-hydrogen) atoms. The van der Waals surface area contributed by atoms with Gasteiger partial charge in [0.15, 0.2) is 0 Å². The highest BCUT2D eigenvalue weighted by Crippen LogP contribution is 2.37. The first-order valence-corrected chi connectivity index (χ1v) is 11.0. The molecule has 1 aromatic heterocycles. The number of halogens is 3. The van der Waals surface area contributed by atoms with Gasteiger partial charge in [0.2, 0.25) is 0 Å². The van der Waals surface area contributed by atoms with E-state index in [1.165, 1.54) is 18.2 Å². The molecular weight excluding hydrogens is 513 g/mol. The van der Waals surface area contributed by atoms with Crippen molar-refractivity contribution >= 4 is 33.5 Å². The molecule has 3 aromatic carbocycles. The van der Waals surface area contributed by atoms with Gasteiger partial charge in [0.05, 0.1) is 5.69 Å². The maximum atomic E-state index is 14.3. The molecule has 0 saturated heterocycles. The van der Waals surface area contributed by atoms with Gasteiger partial charge in [-0.15, -0.1) is 0 Å². The maximum absolute atomic E-state index is 14.3. The number of phenols is 1. The highest BCUT2D eigenvalue weighted by molar-refractivity contribution is 9.10. The van der Waals surface area contributed by atoms with E-state index < -0.39 is 5.97 Å². The van der Waals surface area contributed by atoms with Crippen LogP contribution < -0.4 is 4.74 Å². The average Bonchev–Trinajstić information content (AvgIpc) is 3.15. The quantitative estimate of drug-likeness (QED) is 0.282. The molecule has 0 aliphatic heterocycles. The predicted molar refractivity (Wildman–Crippen MR) is 128 cm³/mol. The molecule has 0 amide bonds. The minimum atomic E-state index is -1.23. The van der Waals surface area contributed by atoms with E-state index in [1.807, 2.05) is 23.6 Å². The lowest BCUT2D eigenvalue weighted by molar-refractivity contribution is 0.0693. The molecule has 0 bridgehead atoms. The number of benzene rings is 3. The zero-order valence-corrected chi connectivity index (χ0v) is 19.7. The fourth-order valence-corrected chi connectivity index (χ4v) is 4.05. The summed E-state index contributed by atoms with van der Waals surface area (Å²) in [5.41, 5.74) is 2.92. The van der Waals surface area contributed by atoms with Crippen LogP contribution in [-0.4, -0.2) is 20.7 Å². The molecule has 0 radical (unpaired) electrons. The molecule has 0 spiro atoms. The average molecular weight is 531 g/mol. The standard InChI is InChI=1S/C25H18BrClFNO4/c1-14-2-7-22(29(14)18-6-8-23(30)20(12-18)25(31)32)19-11-17(27)5-9-24(19)33-13-15-3-4-16(26)10-21(15)28/h2-12,30H,13H2,1H3,(H,31,32). The van der Waals surface area contributed by atoms with Gasteiger partial charge in [0.1, 0.15) is 29.5 Å². The number of ether oxygens (including phenoxy) is 1. The number of hydrogen-bond donors (Lipinski definition) is 2. The second-order valence-electron chi connectivity index (χ2n) is 7.37. The molecule has 1 heterocycles. The lowest BCUT2D eigenvalue weighted by atomic mass is 10.1. The number of hydrogen-bond acceptors (Lipinski definition) is 3. The SMILES string of the molecule is Cc1ccc(-c2cc(Cl)ccc2OCc2ccc(Br)cc2F)n1-c1ccc(O)c(C(=O)O)c1. The van der Waals surface area contributed by atoms with Crippen molar-refractivity contribution in [3.8, 4) is 28.4 Å². The zero-order valence-electron chi connectivity index (χ0n) is 17.3. The molecule has 0 atom stereocenters. The topological polar surface area (TPSA) is 71.7 Å². The first-order valence-electron chi connectivity index (χ1n) is 9.86. The molecule has 4 rings (SSSR count). The third-order valence-corrected chi connectivity index (χ3v) is 5.89. The fraction of sp³-hybridized carbons (Fsp3) is 0.0800. The Morgan fingerprint density at radius 3 is 2.61 bits per heavy atom. The van der Waals surface area contributed by atoms with E-state index in [1.54, 1.807) is 36.4 Å². The monoisotopic (exact) mass is 529 g/mol. The van der Waals surface area contributed by atoms with Crippen LogP contribution in [0.4, 0.5) is 4.39 Å². The summed E-state index contributed by atoms with van der Waals surface area (Å²) in [6, 6.07) is 18.0. The molecule has 168 valence electrons. The lowest BCUT2D eigenvalue weighted by Gasteiger charge is -2.17. The van der Waals surface area contributed by atoms with Crippen molar-refractivity contribution in [3.05, 3.63) is 98.9 Å². The van der Waals surface area contributed by atoms with Gasteiger partial charge in [-0.1, -0.05) is 33.6 Å². The normalized spacial score (nSPS) is 10.9. The van der Waals surface area contributed by atoms with E-state index in [-0.39, 0.29) is 23.7 Å². The van der Waals surface area contributed by atoms with Crippen molar-refractivity contribution in [1.29, 1.82) is 0 Å². The van der Waals surface area contributed by atoms with Crippen LogP contribution in [0.15, 0.2) is 71.2 Å². The van der Waals surface area contributed by atoms with Crippen LogP contribution in [0.5, 0.6) is 11.5 Å². The Kier molecular flexibility index (Phi) is 6.44. The number of aromatic nitrogens is 1. The third-order valence-electron chi connectivity index (χ3n) is 5.16. The van der Waals surface area contributed by atoms with Crippen molar-refractivity contribution in [2.45, 2.75) is 13.5 Å². The Hall–Kier alpha value is -3.29. The first kappa shape index (κ1) is 22.9. The van der Waals surface area contributed by atoms with Gasteiger partial charge in [-0.3, -0.25) is 0 Å². The summed E-state index contributed by atoms with van der Waals surface area (Å²) in [5, 5.41) is 19.8. The highest BCUT2D eigenvalue weighted by Gasteiger charge is 2.18. The van der Waals surface area contributed by atoms with Crippen LogP contribution in [0.25, 0.3) is 16.9 Å². The minimum Gasteiger partial charge on any atom is -0.507 e. The van der Waals surface area contributed by atoms with Crippen LogP contribution in [0.2, 0.25) is 5.02 Å². The number of carboxylic acids is 1. The summed E-state index contributed by atoms with van der Waals surface area (Å²) in [7, 11) is 0. The van der Waals surface area contributed by atoms with Crippen molar-refractivity contribution in [2.24, 2.45) is 0 Å². The molecule has 5 nitrogen and oxygen atoms in total. The molecule has 0 aliphatic carbocycles. The number of carboxylic acid groups (broad SMARTS) is 1. The van der Waals surface area contributed by atoms with Crippen LogP contribution in [0.3, 0.4) is 0 Å². The van der Waals surface area contributed by atoms with E-state index in [0.717, 1.165) is 5.69 Å². The molecule has 2 N–H and O–H groups in total. The maximum Gasteiger partial charge on any atom is 0.339 e. The van der Waals surface area contributed by atoms with E-state index in [9.17, 15) is 19.4 Å². The Balaban J connectivity index is 1.77. The number of aromatic hydroxyl groups is 1. The molecular formula is C25H18BrClFNO4. The largest absolute Gasteiger partial charge is 0.507 e. The summed E-state index contributed by atoms with van der Waals surface area (Å²) < 4.78 is 22.7. The van der Waals surface area contributed by atoms with Crippen molar-refractivity contribution in [2.75, 3.05) is 0 Å². The van der Waals surface area contributed by atoms with Crippen LogP contribution in [0, 0.1) is 12.7 Å². The Labute approximate surface area is 202 Å². The number of nitrogens with zero attached hydrogens (tertiary/aromatic N) is 1. The molecule has 4 aromatic rings. The van der Waals surface area contributed by atoms with Gasteiger partial charge in [-0.2, -0.15) is 0 Å². The van der Waals surface area contributed by atoms with Crippen LogP contribution in [0.1, 0.15) is 21.6 Å². The van der Waals surface area contributed by atoms with Gasteiger partial charge >= 0.3 is 5.97 Å². The van der Waals surface area contributed by atoms with Crippen molar-refractivity contribution in [3.63, 3.8) is 0 Å². The van der Waals surface area contributed by atoms with Crippen LogP contribution >= 0.6 is 27.5 Å². The van der Waals surface area contributed by atoms with Crippen molar-refractivity contribution < 1.29 is 24.1 Å². The van der Waals surface area contributed by atoms with E-state index >= 15 is 0 Å². The van der Waals surface area contributed by atoms with Gasteiger partial charge in [0, 0.05) is 32.0 Å². The van der Waals surface area contributed by atoms with Gasteiger partial charge in [-0.05, 0) is 67.6 Å². The number of aryl methyl sites for hydroxylation is 1. The smallest absolute Gasteiger partial charge is 0.339 e.